The second-order valence-corrected chi connectivity index (χ2v) is 5.30. The van der Waals surface area contributed by atoms with Gasteiger partial charge in [-0.25, -0.2) is 0 Å². The van der Waals surface area contributed by atoms with Crippen molar-refractivity contribution in [2.24, 2.45) is 0 Å². The first-order valence-electron chi connectivity index (χ1n) is 6.02. The van der Waals surface area contributed by atoms with Gasteiger partial charge in [0, 0.05) is 17.1 Å². The number of para-hydroxylation sites is 1. The van der Waals surface area contributed by atoms with Crippen LogP contribution >= 0.6 is 11.8 Å². The van der Waals surface area contributed by atoms with E-state index < -0.39 is 0 Å². The molecule has 0 spiro atoms. The predicted molar refractivity (Wildman–Crippen MR) is 69.3 cm³/mol. The van der Waals surface area contributed by atoms with E-state index in [9.17, 15) is 0 Å². The van der Waals surface area contributed by atoms with Crippen LogP contribution in [0, 0.1) is 0 Å². The van der Waals surface area contributed by atoms with Gasteiger partial charge in [-0.05, 0) is 19.1 Å². The van der Waals surface area contributed by atoms with Gasteiger partial charge in [0.2, 0.25) is 0 Å². The zero-order valence-electron chi connectivity index (χ0n) is 9.87. The lowest BCUT2D eigenvalue weighted by molar-refractivity contribution is -0.910. The zero-order valence-corrected chi connectivity index (χ0v) is 10.7. The Labute approximate surface area is 102 Å². The third kappa shape index (κ3) is 3.16. The van der Waals surface area contributed by atoms with Gasteiger partial charge in [0.25, 0.3) is 0 Å². The lowest BCUT2D eigenvalue weighted by Gasteiger charge is -2.24. The van der Waals surface area contributed by atoms with E-state index in [1.807, 2.05) is 6.92 Å². The maximum Gasteiger partial charge on any atom is 0.128 e. The van der Waals surface area contributed by atoms with Crippen LogP contribution in [0.2, 0.25) is 0 Å². The van der Waals surface area contributed by atoms with Crippen molar-refractivity contribution in [3.8, 4) is 5.75 Å². The van der Waals surface area contributed by atoms with E-state index >= 15 is 0 Å². The summed E-state index contributed by atoms with van der Waals surface area (Å²) in [6.07, 6.45) is 0. The fourth-order valence-electron chi connectivity index (χ4n) is 2.05. The average molecular weight is 238 g/mol. The molecule has 1 aliphatic heterocycles. The van der Waals surface area contributed by atoms with Crippen molar-refractivity contribution >= 4 is 11.8 Å². The molecule has 0 radical (unpaired) electrons. The molecule has 0 unspecified atom stereocenters. The van der Waals surface area contributed by atoms with Crippen molar-refractivity contribution in [1.29, 1.82) is 0 Å². The summed E-state index contributed by atoms with van der Waals surface area (Å²) in [6.45, 7) is 6.47. The molecule has 1 fully saturated rings. The van der Waals surface area contributed by atoms with Crippen molar-refractivity contribution in [2.75, 3.05) is 31.2 Å². The third-order valence-electron chi connectivity index (χ3n) is 2.91. The molecule has 88 valence electrons. The Hall–Kier alpha value is -0.670. The van der Waals surface area contributed by atoms with Gasteiger partial charge in [0.1, 0.15) is 12.3 Å². The van der Waals surface area contributed by atoms with Gasteiger partial charge in [-0.3, -0.25) is 0 Å². The van der Waals surface area contributed by atoms with Gasteiger partial charge in [0.05, 0.1) is 19.7 Å². The maximum absolute atomic E-state index is 5.66. The summed E-state index contributed by atoms with van der Waals surface area (Å²) in [5, 5.41) is 0. The van der Waals surface area contributed by atoms with E-state index in [4.69, 9.17) is 4.74 Å². The first kappa shape index (κ1) is 11.8. The minimum Gasteiger partial charge on any atom is -0.493 e. The normalized spacial score (nSPS) is 17.3. The number of nitrogens with one attached hydrogen (secondary N) is 1. The van der Waals surface area contributed by atoms with E-state index in [-0.39, 0.29) is 0 Å². The van der Waals surface area contributed by atoms with Crippen LogP contribution in [0.1, 0.15) is 12.5 Å². The van der Waals surface area contributed by atoms with Gasteiger partial charge in [0.15, 0.2) is 0 Å². The topological polar surface area (TPSA) is 13.7 Å². The average Bonchev–Trinajstić information content (AvgIpc) is 2.33. The highest BCUT2D eigenvalue weighted by molar-refractivity contribution is 7.99. The number of quaternary nitrogens is 1. The van der Waals surface area contributed by atoms with Crippen molar-refractivity contribution in [1.82, 2.24) is 0 Å². The lowest BCUT2D eigenvalue weighted by Crippen LogP contribution is -3.12. The summed E-state index contributed by atoms with van der Waals surface area (Å²) >= 11 is 2.07. The van der Waals surface area contributed by atoms with E-state index in [1.54, 1.807) is 4.90 Å². The summed E-state index contributed by atoms with van der Waals surface area (Å²) < 4.78 is 5.66. The van der Waals surface area contributed by atoms with E-state index in [2.05, 4.69) is 36.0 Å². The largest absolute Gasteiger partial charge is 0.493 e. The van der Waals surface area contributed by atoms with Gasteiger partial charge >= 0.3 is 0 Å². The first-order valence-corrected chi connectivity index (χ1v) is 7.17. The van der Waals surface area contributed by atoms with Crippen LogP contribution in [0.15, 0.2) is 24.3 Å². The van der Waals surface area contributed by atoms with Crippen molar-refractivity contribution in [3.05, 3.63) is 29.8 Å². The van der Waals surface area contributed by atoms with Crippen LogP contribution in [0.25, 0.3) is 0 Å². The number of rotatable bonds is 4. The summed E-state index contributed by atoms with van der Waals surface area (Å²) in [7, 11) is 0. The molecule has 1 aromatic rings. The Balaban J connectivity index is 2.01. The molecule has 0 amide bonds. The molecule has 0 aromatic heterocycles. The highest BCUT2D eigenvalue weighted by Gasteiger charge is 2.16. The molecule has 1 aromatic carbocycles. The molecule has 16 heavy (non-hydrogen) atoms. The second-order valence-electron chi connectivity index (χ2n) is 4.08. The third-order valence-corrected chi connectivity index (χ3v) is 3.90. The molecule has 2 rings (SSSR count). The number of ether oxygens (including phenoxy) is 1. The fraction of sp³-hybridized carbons (Fsp3) is 0.538. The van der Waals surface area contributed by atoms with E-state index in [0.717, 1.165) is 18.9 Å². The molecule has 0 saturated carbocycles. The molecule has 0 atom stereocenters. The van der Waals surface area contributed by atoms with Crippen LogP contribution in [-0.4, -0.2) is 31.2 Å². The minimum absolute atomic E-state index is 0.752. The molecule has 2 nitrogen and oxygen atoms in total. The van der Waals surface area contributed by atoms with Crippen molar-refractivity contribution in [2.45, 2.75) is 13.5 Å². The summed E-state index contributed by atoms with van der Waals surface area (Å²) in [5.41, 5.74) is 1.35. The monoisotopic (exact) mass is 238 g/mol. The van der Waals surface area contributed by atoms with Gasteiger partial charge in [-0.1, -0.05) is 12.1 Å². The van der Waals surface area contributed by atoms with Crippen LogP contribution in [0.4, 0.5) is 0 Å². The smallest absolute Gasteiger partial charge is 0.128 e. The molecule has 1 aliphatic rings. The minimum atomic E-state index is 0.752. The molecule has 0 aliphatic carbocycles. The first-order chi connectivity index (χ1) is 7.90. The summed E-state index contributed by atoms with van der Waals surface area (Å²) in [5.74, 6) is 3.66. The number of hydrogen-bond donors (Lipinski definition) is 1. The van der Waals surface area contributed by atoms with Crippen LogP contribution in [0.3, 0.4) is 0 Å². The molecule has 1 N–H and O–H groups in total. The maximum atomic E-state index is 5.66. The standard InChI is InChI=1S/C13H19NOS/c1-2-15-13-6-4-3-5-12(13)11-14-7-9-16-10-8-14/h3-6H,2,7-11H2,1H3/p+1. The highest BCUT2D eigenvalue weighted by Crippen LogP contribution is 2.16. The highest BCUT2D eigenvalue weighted by atomic mass is 32.2. The van der Waals surface area contributed by atoms with Crippen LogP contribution < -0.4 is 9.64 Å². The zero-order chi connectivity index (χ0) is 11.2. The Morgan fingerprint density at radius 2 is 2.00 bits per heavy atom. The number of thioether (sulfide) groups is 1. The second kappa shape index (κ2) is 6.16. The van der Waals surface area contributed by atoms with Crippen LogP contribution in [-0.2, 0) is 6.54 Å². The Morgan fingerprint density at radius 3 is 2.75 bits per heavy atom. The van der Waals surface area contributed by atoms with Crippen LogP contribution in [0.5, 0.6) is 5.75 Å². The lowest BCUT2D eigenvalue weighted by atomic mass is 10.2. The molecule has 3 heteroatoms. The summed E-state index contributed by atoms with van der Waals surface area (Å²) in [6, 6.07) is 8.43. The Kier molecular flexibility index (Phi) is 4.55. The molecule has 0 bridgehead atoms. The van der Waals surface area contributed by atoms with E-state index in [0.29, 0.717) is 0 Å². The number of benzene rings is 1. The molecule has 1 saturated heterocycles. The fourth-order valence-corrected chi connectivity index (χ4v) is 3.12. The molecular formula is C13H20NOS+. The number of hydrogen-bond acceptors (Lipinski definition) is 2. The summed E-state index contributed by atoms with van der Waals surface area (Å²) in [4.78, 5) is 1.69. The van der Waals surface area contributed by atoms with Crippen molar-refractivity contribution < 1.29 is 9.64 Å². The SMILES string of the molecule is CCOc1ccccc1C[NH+]1CCSCC1. The van der Waals surface area contributed by atoms with Gasteiger partial charge in [-0.15, -0.1) is 0 Å². The van der Waals surface area contributed by atoms with Crippen molar-refractivity contribution in [3.63, 3.8) is 0 Å². The van der Waals surface area contributed by atoms with Gasteiger partial charge < -0.3 is 9.64 Å². The predicted octanol–water partition coefficient (Wildman–Crippen LogP) is 1.22. The molecular weight excluding hydrogens is 218 g/mol. The Morgan fingerprint density at radius 1 is 1.25 bits per heavy atom. The van der Waals surface area contributed by atoms with E-state index in [1.165, 1.54) is 30.2 Å². The quantitative estimate of drug-likeness (QED) is 0.847. The molecule has 1 heterocycles. The Bertz CT molecular complexity index is 323. The van der Waals surface area contributed by atoms with Gasteiger partial charge in [-0.2, -0.15) is 11.8 Å².